The smallest absolute Gasteiger partial charge is 0.460 e. The Kier molecular flexibility index (Phi) is 8.00. The van der Waals surface area contributed by atoms with E-state index < -0.39 is 43.4 Å². The molecule has 1 aromatic carbocycles. The van der Waals surface area contributed by atoms with E-state index in [1.165, 1.54) is 24.3 Å². The molecule has 1 aromatic rings. The molecule has 12 heteroatoms. The minimum Gasteiger partial charge on any atom is -0.494 e. The second-order valence-corrected chi connectivity index (χ2v) is 5.72. The van der Waals surface area contributed by atoms with Crippen molar-refractivity contribution in [1.82, 2.24) is 0 Å². The van der Waals surface area contributed by atoms with E-state index in [-0.39, 0.29) is 25.6 Å². The number of halogens is 9. The average molecular weight is 428 g/mol. The van der Waals surface area contributed by atoms with Crippen molar-refractivity contribution in [1.29, 1.82) is 0 Å². The Morgan fingerprint density at radius 3 is 1.86 bits per heavy atom. The summed E-state index contributed by atoms with van der Waals surface area (Å²) in [4.78, 5) is 0. The second-order valence-electron chi connectivity index (χ2n) is 5.72. The lowest BCUT2D eigenvalue weighted by atomic mass is 10.00. The van der Waals surface area contributed by atoms with Crippen LogP contribution in [0.1, 0.15) is 18.4 Å². The first-order valence-corrected chi connectivity index (χ1v) is 7.87. The summed E-state index contributed by atoms with van der Waals surface area (Å²) >= 11 is 0. The van der Waals surface area contributed by atoms with Crippen molar-refractivity contribution in [3.63, 3.8) is 0 Å². The van der Waals surface area contributed by atoms with Gasteiger partial charge in [-0.2, -0.15) is 39.5 Å². The highest BCUT2D eigenvalue weighted by atomic mass is 19.4. The van der Waals surface area contributed by atoms with E-state index in [4.69, 9.17) is 14.6 Å². The Morgan fingerprint density at radius 1 is 0.786 bits per heavy atom. The lowest BCUT2D eigenvalue weighted by Gasteiger charge is -2.33. The average Bonchev–Trinajstić information content (AvgIpc) is 2.59. The van der Waals surface area contributed by atoms with Gasteiger partial charge >= 0.3 is 23.9 Å². The van der Waals surface area contributed by atoms with E-state index >= 15 is 0 Å². The molecule has 0 aliphatic rings. The van der Waals surface area contributed by atoms with Crippen LogP contribution >= 0.6 is 0 Å². The van der Waals surface area contributed by atoms with Gasteiger partial charge in [0.1, 0.15) is 5.75 Å². The Bertz CT molecular complexity index is 600. The number of benzene rings is 1. The van der Waals surface area contributed by atoms with Crippen LogP contribution in [0, 0.1) is 0 Å². The molecule has 1 rings (SSSR count). The minimum absolute atomic E-state index is 0.116. The Hall–Kier alpha value is -1.69. The third-order valence-corrected chi connectivity index (χ3v) is 3.54. The monoisotopic (exact) mass is 428 g/mol. The molecule has 0 spiro atoms. The second kappa shape index (κ2) is 9.21. The molecule has 0 aliphatic carbocycles. The lowest BCUT2D eigenvalue weighted by Crippen LogP contribution is -2.60. The van der Waals surface area contributed by atoms with E-state index in [2.05, 4.69) is 0 Å². The molecule has 28 heavy (non-hydrogen) atoms. The van der Waals surface area contributed by atoms with Crippen LogP contribution in [0.2, 0.25) is 0 Å². The van der Waals surface area contributed by atoms with Crippen LogP contribution < -0.4 is 4.74 Å². The summed E-state index contributed by atoms with van der Waals surface area (Å²) in [7, 11) is 0. The maximum atomic E-state index is 13.3. The van der Waals surface area contributed by atoms with Gasteiger partial charge in [-0.1, -0.05) is 12.1 Å². The van der Waals surface area contributed by atoms with Crippen molar-refractivity contribution >= 4 is 0 Å². The Morgan fingerprint density at radius 2 is 1.36 bits per heavy atom. The van der Waals surface area contributed by atoms with Crippen LogP contribution in [0.25, 0.3) is 0 Å². The van der Waals surface area contributed by atoms with E-state index in [1.807, 2.05) is 0 Å². The first-order valence-electron chi connectivity index (χ1n) is 7.87. The summed E-state index contributed by atoms with van der Waals surface area (Å²) in [6.45, 7) is -0.483. The van der Waals surface area contributed by atoms with Crippen LogP contribution in [0.5, 0.6) is 5.75 Å². The highest BCUT2D eigenvalue weighted by molar-refractivity contribution is 5.26. The summed E-state index contributed by atoms with van der Waals surface area (Å²) in [5, 5.41) is 8.56. The van der Waals surface area contributed by atoms with Crippen molar-refractivity contribution in [2.75, 3.05) is 19.8 Å². The zero-order valence-electron chi connectivity index (χ0n) is 14.2. The number of hydrogen-bond donors (Lipinski definition) is 1. The number of hydrogen-bond acceptors (Lipinski definition) is 3. The van der Waals surface area contributed by atoms with Crippen molar-refractivity contribution < 1.29 is 54.1 Å². The number of alkyl halides is 9. The predicted molar refractivity (Wildman–Crippen MR) is 78.8 cm³/mol. The molecule has 0 aromatic heterocycles. The van der Waals surface area contributed by atoms with E-state index in [9.17, 15) is 39.5 Å². The van der Waals surface area contributed by atoms with Crippen molar-refractivity contribution in [2.45, 2.75) is 43.4 Å². The Labute approximate surface area is 154 Å². The van der Waals surface area contributed by atoms with Gasteiger partial charge in [0.2, 0.25) is 0 Å². The van der Waals surface area contributed by atoms with Crippen LogP contribution in [-0.2, 0) is 11.3 Å². The maximum absolute atomic E-state index is 13.3. The summed E-state index contributed by atoms with van der Waals surface area (Å²) in [6, 6.07) is 5.84. The van der Waals surface area contributed by atoms with Crippen LogP contribution in [-0.4, -0.2) is 48.9 Å². The fourth-order valence-electron chi connectivity index (χ4n) is 1.99. The summed E-state index contributed by atoms with van der Waals surface area (Å²) in [5.41, 5.74) is 0.682. The highest BCUT2D eigenvalue weighted by Crippen LogP contribution is 2.54. The van der Waals surface area contributed by atoms with Crippen molar-refractivity contribution in [3.05, 3.63) is 29.8 Å². The summed E-state index contributed by atoms with van der Waals surface area (Å²) < 4.78 is 124. The van der Waals surface area contributed by atoms with Gasteiger partial charge in [0.05, 0.1) is 26.4 Å². The lowest BCUT2D eigenvalue weighted by molar-refractivity contribution is -0.396. The van der Waals surface area contributed by atoms with Gasteiger partial charge in [-0.25, -0.2) is 0 Å². The Balaban J connectivity index is 2.56. The largest absolute Gasteiger partial charge is 0.494 e. The van der Waals surface area contributed by atoms with Gasteiger partial charge in [0.25, 0.3) is 0 Å². The first-order chi connectivity index (χ1) is 12.8. The molecule has 0 unspecified atom stereocenters. The summed E-state index contributed by atoms with van der Waals surface area (Å²) in [5.74, 6) is -18.9. The maximum Gasteiger partial charge on any atom is 0.460 e. The first kappa shape index (κ1) is 24.3. The molecule has 0 amide bonds. The molecule has 3 nitrogen and oxygen atoms in total. The van der Waals surface area contributed by atoms with E-state index in [1.54, 1.807) is 0 Å². The molecule has 0 saturated heterocycles. The number of aliphatic hydroxyl groups is 1. The fraction of sp³-hybridized carbons (Fsp3) is 0.625. The molecular weight excluding hydrogens is 411 g/mol. The fourth-order valence-corrected chi connectivity index (χ4v) is 1.99. The third kappa shape index (κ3) is 5.66. The number of aliphatic hydroxyl groups excluding tert-OH is 1. The number of ether oxygens (including phenoxy) is 2. The van der Waals surface area contributed by atoms with E-state index in [0.717, 1.165) is 0 Å². The quantitative estimate of drug-likeness (QED) is 0.406. The van der Waals surface area contributed by atoms with Gasteiger partial charge in [-0.15, -0.1) is 0 Å². The van der Waals surface area contributed by atoms with Crippen LogP contribution in [0.15, 0.2) is 24.3 Å². The molecular formula is C16H17F9O3. The molecule has 1 N–H and O–H groups in total. The summed E-state index contributed by atoms with van der Waals surface area (Å²) in [6.07, 6.45) is -9.64. The molecule has 0 aliphatic heterocycles. The van der Waals surface area contributed by atoms with E-state index in [0.29, 0.717) is 5.56 Å². The van der Waals surface area contributed by atoms with Gasteiger partial charge < -0.3 is 14.6 Å². The highest BCUT2D eigenvalue weighted by Gasteiger charge is 2.81. The molecule has 0 radical (unpaired) electrons. The van der Waals surface area contributed by atoms with Gasteiger partial charge in [-0.05, 0) is 24.1 Å². The number of rotatable bonds is 11. The minimum atomic E-state index is -6.88. The van der Waals surface area contributed by atoms with Crippen LogP contribution in [0.4, 0.5) is 39.5 Å². The molecule has 0 bridgehead atoms. The zero-order valence-corrected chi connectivity index (χ0v) is 14.2. The molecule has 0 heterocycles. The topological polar surface area (TPSA) is 38.7 Å². The van der Waals surface area contributed by atoms with Crippen molar-refractivity contribution in [3.8, 4) is 5.75 Å². The molecule has 0 fully saturated rings. The third-order valence-electron chi connectivity index (χ3n) is 3.54. The van der Waals surface area contributed by atoms with Crippen LogP contribution in [0.3, 0.4) is 0 Å². The SMILES string of the molecule is OCCOCc1ccc(OCCCC(F)(F)C(F)(F)C(F)(F)C(F)(F)F)cc1. The standard InChI is InChI=1S/C16H17F9O3/c17-13(18,14(19,20)15(21,22)16(23,24)25)6-1-8-28-12-4-2-11(3-5-12)10-27-9-7-26/h2-5,26H,1,6-10H2. The van der Waals surface area contributed by atoms with Gasteiger partial charge in [0, 0.05) is 6.42 Å². The normalized spacial score (nSPS) is 13.6. The van der Waals surface area contributed by atoms with Crippen molar-refractivity contribution in [2.24, 2.45) is 0 Å². The van der Waals surface area contributed by atoms with Gasteiger partial charge in [-0.3, -0.25) is 0 Å². The molecule has 0 atom stereocenters. The zero-order chi connectivity index (χ0) is 21.6. The molecule has 162 valence electrons. The molecule has 0 saturated carbocycles. The van der Waals surface area contributed by atoms with Gasteiger partial charge in [0.15, 0.2) is 0 Å². The predicted octanol–water partition coefficient (Wildman–Crippen LogP) is 4.82.